The van der Waals surface area contributed by atoms with E-state index in [1.165, 1.54) is 0 Å². The van der Waals surface area contributed by atoms with Crippen molar-refractivity contribution in [1.29, 1.82) is 0 Å². The molecular formula is C30H39N3O4. The van der Waals surface area contributed by atoms with Gasteiger partial charge < -0.3 is 25.0 Å². The summed E-state index contributed by atoms with van der Waals surface area (Å²) < 4.78 is 12.1. The van der Waals surface area contributed by atoms with E-state index in [0.29, 0.717) is 51.1 Å². The highest BCUT2D eigenvalue weighted by atomic mass is 16.6. The standard InChI is InChI=1S/C30H39N3O4/c1-5-32(18-8-17-31)27(34)23-13-11-22(12-14-23)25-21-30(36-26-10-7-6-9-24(25)26)15-19-33(20-16-30)28(35)37-29(2,3)4/h6-7,9-14,21H,5,8,15-20,31H2,1-4H3. The second kappa shape index (κ2) is 11.0. The van der Waals surface area contributed by atoms with Crippen molar-refractivity contribution in [1.82, 2.24) is 9.80 Å². The number of likely N-dealkylation sites (tertiary alicyclic amines) is 1. The number of nitrogens with zero attached hydrogens (tertiary/aromatic N) is 2. The summed E-state index contributed by atoms with van der Waals surface area (Å²) in [5, 5.41) is 0. The summed E-state index contributed by atoms with van der Waals surface area (Å²) >= 11 is 0. The van der Waals surface area contributed by atoms with Crippen LogP contribution < -0.4 is 10.5 Å². The Morgan fingerprint density at radius 2 is 1.76 bits per heavy atom. The maximum Gasteiger partial charge on any atom is 0.410 e. The molecule has 0 bridgehead atoms. The van der Waals surface area contributed by atoms with Crippen LogP contribution in [0.4, 0.5) is 4.79 Å². The first-order chi connectivity index (χ1) is 17.6. The minimum atomic E-state index is -0.522. The first-order valence-corrected chi connectivity index (χ1v) is 13.2. The number of fused-ring (bicyclic) bond motifs is 1. The third-order valence-corrected chi connectivity index (χ3v) is 6.90. The summed E-state index contributed by atoms with van der Waals surface area (Å²) in [7, 11) is 0. The summed E-state index contributed by atoms with van der Waals surface area (Å²) in [4.78, 5) is 29.2. The van der Waals surface area contributed by atoms with Crippen LogP contribution in [0, 0.1) is 0 Å². The first kappa shape index (κ1) is 26.7. The Morgan fingerprint density at radius 3 is 2.38 bits per heavy atom. The molecule has 2 aliphatic heterocycles. The monoisotopic (exact) mass is 505 g/mol. The smallest absolute Gasteiger partial charge is 0.410 e. The zero-order valence-electron chi connectivity index (χ0n) is 22.5. The Labute approximate surface area is 220 Å². The quantitative estimate of drug-likeness (QED) is 0.591. The molecule has 4 rings (SSSR count). The zero-order chi connectivity index (χ0) is 26.6. The number of hydrogen-bond acceptors (Lipinski definition) is 5. The van der Waals surface area contributed by atoms with Gasteiger partial charge >= 0.3 is 6.09 Å². The van der Waals surface area contributed by atoms with Crippen molar-refractivity contribution in [3.8, 4) is 5.75 Å². The summed E-state index contributed by atoms with van der Waals surface area (Å²) in [6, 6.07) is 15.9. The topological polar surface area (TPSA) is 85.1 Å². The van der Waals surface area contributed by atoms with E-state index in [-0.39, 0.29) is 12.0 Å². The fraction of sp³-hybridized carbons (Fsp3) is 0.467. The number of benzene rings is 2. The Bertz CT molecular complexity index is 1140. The number of para-hydroxylation sites is 1. The zero-order valence-corrected chi connectivity index (χ0v) is 22.5. The van der Waals surface area contributed by atoms with Crippen molar-refractivity contribution in [3.63, 3.8) is 0 Å². The van der Waals surface area contributed by atoms with Gasteiger partial charge in [-0.15, -0.1) is 0 Å². The molecule has 7 heteroatoms. The first-order valence-electron chi connectivity index (χ1n) is 13.2. The lowest BCUT2D eigenvalue weighted by molar-refractivity contribution is -0.00117. The minimum Gasteiger partial charge on any atom is -0.482 e. The summed E-state index contributed by atoms with van der Waals surface area (Å²) in [6.07, 6.45) is 4.06. The molecule has 7 nitrogen and oxygen atoms in total. The lowest BCUT2D eigenvalue weighted by atomic mass is 9.83. The van der Waals surface area contributed by atoms with Crippen LogP contribution in [0.1, 0.15) is 68.4 Å². The second-order valence-electron chi connectivity index (χ2n) is 10.8. The molecule has 0 aromatic heterocycles. The van der Waals surface area contributed by atoms with Crippen molar-refractivity contribution in [2.75, 3.05) is 32.7 Å². The normalized spacial score (nSPS) is 16.5. The number of hydrogen-bond donors (Lipinski definition) is 1. The van der Waals surface area contributed by atoms with E-state index in [0.717, 1.165) is 28.9 Å². The van der Waals surface area contributed by atoms with Gasteiger partial charge in [0.2, 0.25) is 0 Å². The van der Waals surface area contributed by atoms with Gasteiger partial charge in [0.05, 0.1) is 0 Å². The molecular weight excluding hydrogens is 466 g/mol. The van der Waals surface area contributed by atoms with Crippen molar-refractivity contribution < 1.29 is 19.1 Å². The van der Waals surface area contributed by atoms with E-state index in [1.807, 2.05) is 75.1 Å². The van der Waals surface area contributed by atoms with Crippen LogP contribution in [0.5, 0.6) is 5.75 Å². The molecule has 2 heterocycles. The summed E-state index contributed by atoms with van der Waals surface area (Å²) in [5.74, 6) is 0.861. The molecule has 2 N–H and O–H groups in total. The van der Waals surface area contributed by atoms with E-state index in [2.05, 4.69) is 12.1 Å². The molecule has 0 aliphatic carbocycles. The largest absolute Gasteiger partial charge is 0.482 e. The molecule has 0 radical (unpaired) electrons. The fourth-order valence-corrected chi connectivity index (χ4v) is 4.91. The van der Waals surface area contributed by atoms with E-state index in [9.17, 15) is 9.59 Å². The number of carbonyl (C=O) groups is 2. The van der Waals surface area contributed by atoms with Gasteiger partial charge in [-0.25, -0.2) is 4.79 Å². The summed E-state index contributed by atoms with van der Waals surface area (Å²) in [5.41, 5.74) is 8.43. The van der Waals surface area contributed by atoms with Crippen molar-refractivity contribution in [2.24, 2.45) is 5.73 Å². The molecule has 37 heavy (non-hydrogen) atoms. The molecule has 1 saturated heterocycles. The molecule has 1 fully saturated rings. The average molecular weight is 506 g/mol. The predicted octanol–water partition coefficient (Wildman–Crippen LogP) is 5.09. The van der Waals surface area contributed by atoms with E-state index >= 15 is 0 Å². The van der Waals surface area contributed by atoms with Crippen LogP contribution in [-0.2, 0) is 4.74 Å². The Morgan fingerprint density at radius 1 is 1.08 bits per heavy atom. The third kappa shape index (κ3) is 6.16. The number of rotatable bonds is 6. The number of ether oxygens (including phenoxy) is 2. The highest BCUT2D eigenvalue weighted by molar-refractivity contribution is 5.95. The SMILES string of the molecule is CCN(CCCN)C(=O)c1ccc(C2=CC3(CCN(C(=O)OC(C)(C)C)CC3)Oc3ccccc32)cc1. The van der Waals surface area contributed by atoms with Gasteiger partial charge in [0, 0.05) is 50.1 Å². The van der Waals surface area contributed by atoms with Gasteiger partial charge in [-0.2, -0.15) is 0 Å². The average Bonchev–Trinajstić information content (AvgIpc) is 2.88. The molecule has 2 amide bonds. The molecule has 0 unspecified atom stereocenters. The molecule has 2 aromatic carbocycles. The highest BCUT2D eigenvalue weighted by Crippen LogP contribution is 2.43. The van der Waals surface area contributed by atoms with Crippen molar-refractivity contribution >= 4 is 17.6 Å². The third-order valence-electron chi connectivity index (χ3n) is 6.90. The van der Waals surface area contributed by atoms with Crippen LogP contribution in [0.25, 0.3) is 5.57 Å². The number of nitrogens with two attached hydrogens (primary N) is 1. The molecule has 0 atom stereocenters. The van der Waals surface area contributed by atoms with Gasteiger partial charge in [0.25, 0.3) is 5.91 Å². The Kier molecular flexibility index (Phi) is 7.93. The van der Waals surface area contributed by atoms with Crippen LogP contribution in [0.15, 0.2) is 54.6 Å². The Balaban J connectivity index is 1.57. The van der Waals surface area contributed by atoms with E-state index in [4.69, 9.17) is 15.2 Å². The fourth-order valence-electron chi connectivity index (χ4n) is 4.91. The van der Waals surface area contributed by atoms with E-state index < -0.39 is 11.2 Å². The number of carbonyl (C=O) groups excluding carboxylic acids is 2. The molecule has 1 spiro atoms. The second-order valence-corrected chi connectivity index (χ2v) is 10.8. The van der Waals surface area contributed by atoms with Crippen LogP contribution in [-0.4, -0.2) is 65.7 Å². The van der Waals surface area contributed by atoms with Crippen molar-refractivity contribution in [3.05, 3.63) is 71.3 Å². The number of amides is 2. The minimum absolute atomic E-state index is 0.0230. The van der Waals surface area contributed by atoms with Gasteiger partial charge in [0.1, 0.15) is 17.0 Å². The Hall–Kier alpha value is -3.32. The highest BCUT2D eigenvalue weighted by Gasteiger charge is 2.40. The van der Waals surface area contributed by atoms with E-state index in [1.54, 1.807) is 4.90 Å². The molecule has 2 aromatic rings. The number of piperidine rings is 1. The lowest BCUT2D eigenvalue weighted by Crippen LogP contribution is -2.50. The molecule has 0 saturated carbocycles. The van der Waals surface area contributed by atoms with Gasteiger partial charge in [-0.1, -0.05) is 30.3 Å². The van der Waals surface area contributed by atoms with Crippen molar-refractivity contribution in [2.45, 2.75) is 58.2 Å². The van der Waals surface area contributed by atoms with Crippen LogP contribution in [0.3, 0.4) is 0 Å². The summed E-state index contributed by atoms with van der Waals surface area (Å²) in [6.45, 7) is 10.6. The molecule has 2 aliphatic rings. The van der Waals surface area contributed by atoms with Gasteiger partial charge in [-0.3, -0.25) is 4.79 Å². The van der Waals surface area contributed by atoms with Crippen LogP contribution >= 0.6 is 0 Å². The van der Waals surface area contributed by atoms with Gasteiger partial charge in [-0.05, 0) is 76.1 Å². The maximum absolute atomic E-state index is 13.0. The van der Waals surface area contributed by atoms with Gasteiger partial charge in [0.15, 0.2) is 0 Å². The predicted molar refractivity (Wildman–Crippen MR) is 146 cm³/mol. The molecule has 198 valence electrons. The lowest BCUT2D eigenvalue weighted by Gasteiger charge is -2.43. The maximum atomic E-state index is 13.0. The van der Waals surface area contributed by atoms with Crippen LogP contribution in [0.2, 0.25) is 0 Å².